The molecule has 0 bridgehead atoms. The van der Waals surface area contributed by atoms with E-state index >= 15 is 0 Å². The molecule has 0 radical (unpaired) electrons. The van der Waals surface area contributed by atoms with Crippen molar-refractivity contribution in [2.45, 2.75) is 38.3 Å². The molecule has 3 rings (SSSR count). The molecule has 2 aromatic rings. The summed E-state index contributed by atoms with van der Waals surface area (Å²) in [5, 5.41) is 7.24. The maximum Gasteiger partial charge on any atom is 0.238 e. The van der Waals surface area contributed by atoms with E-state index in [9.17, 15) is 4.79 Å². The first-order chi connectivity index (χ1) is 11.3. The van der Waals surface area contributed by atoms with E-state index in [-0.39, 0.29) is 5.91 Å². The lowest BCUT2D eigenvalue weighted by Crippen LogP contribution is -2.44. The summed E-state index contributed by atoms with van der Waals surface area (Å²) < 4.78 is 1.97. The topological polar surface area (TPSA) is 50.2 Å². The Bertz CT molecular complexity index is 597. The number of carbonyl (C=O) groups excluding carboxylic acids is 1. The van der Waals surface area contributed by atoms with Gasteiger partial charge in [0, 0.05) is 30.7 Å². The van der Waals surface area contributed by atoms with Gasteiger partial charge in [0.2, 0.25) is 5.91 Å². The van der Waals surface area contributed by atoms with Crippen molar-refractivity contribution < 1.29 is 4.79 Å². The van der Waals surface area contributed by atoms with Gasteiger partial charge in [-0.2, -0.15) is 5.10 Å². The molecule has 23 heavy (non-hydrogen) atoms. The van der Waals surface area contributed by atoms with E-state index < -0.39 is 0 Å². The first-order valence-electron chi connectivity index (χ1n) is 8.37. The van der Waals surface area contributed by atoms with E-state index in [1.807, 2.05) is 53.5 Å². The van der Waals surface area contributed by atoms with Crippen molar-refractivity contribution >= 4 is 11.6 Å². The summed E-state index contributed by atoms with van der Waals surface area (Å²) in [7, 11) is 0. The predicted molar refractivity (Wildman–Crippen MR) is 91.1 cm³/mol. The molecule has 1 unspecified atom stereocenters. The maximum absolute atomic E-state index is 12.3. The van der Waals surface area contributed by atoms with Crippen LogP contribution in [0.5, 0.6) is 0 Å². The zero-order chi connectivity index (χ0) is 15.9. The number of nitrogens with one attached hydrogen (secondary N) is 1. The Morgan fingerprint density at radius 2 is 2.09 bits per heavy atom. The predicted octanol–water partition coefficient (Wildman–Crippen LogP) is 2.77. The zero-order valence-corrected chi connectivity index (χ0v) is 13.4. The minimum atomic E-state index is 0.0715. The molecule has 0 saturated carbocycles. The highest BCUT2D eigenvalue weighted by atomic mass is 16.2. The summed E-state index contributed by atoms with van der Waals surface area (Å²) >= 11 is 0. The van der Waals surface area contributed by atoms with Crippen LogP contribution in [0.2, 0.25) is 0 Å². The number of rotatable bonds is 6. The van der Waals surface area contributed by atoms with E-state index in [1.165, 1.54) is 19.3 Å². The number of hydrogen-bond acceptors (Lipinski definition) is 3. The molecule has 1 aromatic heterocycles. The van der Waals surface area contributed by atoms with E-state index in [4.69, 9.17) is 0 Å². The quantitative estimate of drug-likeness (QED) is 0.892. The molecule has 2 heterocycles. The third-order valence-electron chi connectivity index (χ3n) is 4.40. The fourth-order valence-electron chi connectivity index (χ4n) is 3.22. The van der Waals surface area contributed by atoms with Crippen molar-refractivity contribution in [1.82, 2.24) is 14.7 Å². The number of nitrogens with zero attached hydrogens (tertiary/aromatic N) is 3. The van der Waals surface area contributed by atoms with Crippen LogP contribution in [0.1, 0.15) is 25.7 Å². The second kappa shape index (κ2) is 7.92. The number of benzene rings is 1. The molecule has 1 saturated heterocycles. The number of likely N-dealkylation sites (tertiary alicyclic amines) is 1. The van der Waals surface area contributed by atoms with Gasteiger partial charge in [0.1, 0.15) is 0 Å². The van der Waals surface area contributed by atoms with E-state index in [0.717, 1.165) is 25.2 Å². The van der Waals surface area contributed by atoms with Crippen LogP contribution in [0, 0.1) is 0 Å². The first kappa shape index (κ1) is 15.7. The third-order valence-corrected chi connectivity index (χ3v) is 4.40. The van der Waals surface area contributed by atoms with Gasteiger partial charge >= 0.3 is 0 Å². The number of hydrogen-bond donors (Lipinski definition) is 1. The van der Waals surface area contributed by atoms with Crippen molar-refractivity contribution in [3.63, 3.8) is 0 Å². The molecule has 5 nitrogen and oxygen atoms in total. The van der Waals surface area contributed by atoms with Gasteiger partial charge in [-0.25, -0.2) is 0 Å². The Morgan fingerprint density at radius 1 is 1.22 bits per heavy atom. The highest BCUT2D eigenvalue weighted by molar-refractivity contribution is 5.92. The Labute approximate surface area is 137 Å². The number of aryl methyl sites for hydroxylation is 1. The largest absolute Gasteiger partial charge is 0.325 e. The van der Waals surface area contributed by atoms with Crippen molar-refractivity contribution in [2.75, 3.05) is 18.4 Å². The molecule has 1 aromatic carbocycles. The number of carbonyl (C=O) groups is 1. The summed E-state index contributed by atoms with van der Waals surface area (Å²) in [4.78, 5) is 14.6. The highest BCUT2D eigenvalue weighted by Gasteiger charge is 2.24. The monoisotopic (exact) mass is 312 g/mol. The minimum absolute atomic E-state index is 0.0715. The van der Waals surface area contributed by atoms with E-state index in [1.54, 1.807) is 0 Å². The fourth-order valence-corrected chi connectivity index (χ4v) is 3.22. The summed E-state index contributed by atoms with van der Waals surface area (Å²) in [6, 6.07) is 12.1. The minimum Gasteiger partial charge on any atom is -0.325 e. The van der Waals surface area contributed by atoms with E-state index in [0.29, 0.717) is 12.6 Å². The fraction of sp³-hybridized carbons (Fsp3) is 0.444. The number of amides is 1. The van der Waals surface area contributed by atoms with Crippen LogP contribution >= 0.6 is 0 Å². The lowest BCUT2D eigenvalue weighted by molar-refractivity contribution is -0.118. The smallest absolute Gasteiger partial charge is 0.238 e. The number of aromatic nitrogens is 2. The molecule has 1 N–H and O–H groups in total. The standard InChI is InChI=1S/C18H24N4O/c23-18(20-16-7-2-1-3-8-16)15-21-12-5-4-9-17(21)10-14-22-13-6-11-19-22/h1-3,6-8,11,13,17H,4-5,9-10,12,14-15H2,(H,20,23). The van der Waals surface area contributed by atoms with Gasteiger partial charge < -0.3 is 5.32 Å². The summed E-state index contributed by atoms with van der Waals surface area (Å²) in [5.74, 6) is 0.0715. The molecule has 0 aliphatic carbocycles. The number of para-hydroxylation sites is 1. The second-order valence-electron chi connectivity index (χ2n) is 6.09. The highest BCUT2D eigenvalue weighted by Crippen LogP contribution is 2.20. The van der Waals surface area contributed by atoms with Crippen LogP contribution in [0.3, 0.4) is 0 Å². The summed E-state index contributed by atoms with van der Waals surface area (Å²) in [5.41, 5.74) is 0.864. The second-order valence-corrected chi connectivity index (χ2v) is 6.09. The van der Waals surface area contributed by atoms with Gasteiger partial charge in [-0.3, -0.25) is 14.4 Å². The van der Waals surface area contributed by atoms with Crippen LogP contribution in [0.4, 0.5) is 5.69 Å². The zero-order valence-electron chi connectivity index (χ0n) is 13.4. The average molecular weight is 312 g/mol. The van der Waals surface area contributed by atoms with Crippen molar-refractivity contribution in [3.05, 3.63) is 48.8 Å². The van der Waals surface area contributed by atoms with Crippen LogP contribution in [0.25, 0.3) is 0 Å². The van der Waals surface area contributed by atoms with Crippen LogP contribution < -0.4 is 5.32 Å². The van der Waals surface area contributed by atoms with Gasteiger partial charge in [0.05, 0.1) is 6.54 Å². The molecule has 1 atom stereocenters. The third kappa shape index (κ3) is 4.66. The lowest BCUT2D eigenvalue weighted by Gasteiger charge is -2.35. The molecule has 5 heteroatoms. The Kier molecular flexibility index (Phi) is 5.42. The molecule has 1 aliphatic heterocycles. The van der Waals surface area contributed by atoms with Gasteiger partial charge in [0.15, 0.2) is 0 Å². The molecular formula is C18H24N4O. The van der Waals surface area contributed by atoms with Gasteiger partial charge in [-0.15, -0.1) is 0 Å². The first-order valence-corrected chi connectivity index (χ1v) is 8.37. The number of piperidine rings is 1. The van der Waals surface area contributed by atoms with Crippen LogP contribution in [0.15, 0.2) is 48.8 Å². The molecule has 122 valence electrons. The maximum atomic E-state index is 12.3. The molecule has 1 amide bonds. The van der Waals surface area contributed by atoms with Gasteiger partial charge in [-0.05, 0) is 44.0 Å². The summed E-state index contributed by atoms with van der Waals surface area (Å²) in [6.45, 7) is 2.39. The summed E-state index contributed by atoms with van der Waals surface area (Å²) in [6.07, 6.45) is 8.44. The Hall–Kier alpha value is -2.14. The molecule has 1 fully saturated rings. The van der Waals surface area contributed by atoms with Crippen molar-refractivity contribution in [2.24, 2.45) is 0 Å². The normalized spacial score (nSPS) is 18.7. The molecule has 0 spiro atoms. The van der Waals surface area contributed by atoms with Crippen LogP contribution in [-0.4, -0.2) is 39.7 Å². The number of anilines is 1. The Balaban J connectivity index is 1.52. The van der Waals surface area contributed by atoms with Gasteiger partial charge in [0.25, 0.3) is 0 Å². The van der Waals surface area contributed by atoms with Crippen molar-refractivity contribution in [3.8, 4) is 0 Å². The lowest BCUT2D eigenvalue weighted by atomic mass is 9.99. The Morgan fingerprint density at radius 3 is 2.87 bits per heavy atom. The average Bonchev–Trinajstić information content (AvgIpc) is 3.08. The SMILES string of the molecule is O=C(CN1CCCCC1CCn1cccn1)Nc1ccccc1. The van der Waals surface area contributed by atoms with E-state index in [2.05, 4.69) is 15.3 Å². The molecule has 1 aliphatic rings. The van der Waals surface area contributed by atoms with Crippen LogP contribution in [-0.2, 0) is 11.3 Å². The van der Waals surface area contributed by atoms with Gasteiger partial charge in [-0.1, -0.05) is 24.6 Å². The van der Waals surface area contributed by atoms with Crippen molar-refractivity contribution in [1.29, 1.82) is 0 Å². The molecular weight excluding hydrogens is 288 g/mol.